The average molecular weight is 415 g/mol. The normalized spacial score (nSPS) is 16.9. The van der Waals surface area contributed by atoms with Crippen molar-refractivity contribution in [3.05, 3.63) is 47.3 Å². The number of aromatic hydroxyl groups is 1. The number of carbonyl (C=O) groups is 1. The Morgan fingerprint density at radius 2 is 2.00 bits per heavy atom. The average Bonchev–Trinajstić information content (AvgIpc) is 3.31. The molecular formula is C22H22FNO4S. The summed E-state index contributed by atoms with van der Waals surface area (Å²) in [5, 5.41) is 10.4. The van der Waals surface area contributed by atoms with E-state index in [1.807, 2.05) is 24.3 Å². The summed E-state index contributed by atoms with van der Waals surface area (Å²) in [5.41, 5.74) is 0. The molecule has 0 bridgehead atoms. The van der Waals surface area contributed by atoms with Gasteiger partial charge in [-0.1, -0.05) is 0 Å². The maximum absolute atomic E-state index is 12.3. The standard InChI is InChI=1S/C22H22FNO4S/c23-9-1-10-24-11-8-18(13-24)27-16-3-5-17(6-4-16)28-22-19-7-2-15(26)12-20(19)29-21(22)14-25/h2-7,12,14,18,26H,1,8-11,13H2. The number of thiophene rings is 1. The molecule has 1 fully saturated rings. The number of hydrogen-bond donors (Lipinski definition) is 1. The Balaban J connectivity index is 1.43. The minimum atomic E-state index is -0.282. The molecule has 0 amide bonds. The minimum Gasteiger partial charge on any atom is -0.508 e. The summed E-state index contributed by atoms with van der Waals surface area (Å²) in [4.78, 5) is 14.1. The second-order valence-corrected chi connectivity index (χ2v) is 8.12. The quantitative estimate of drug-likeness (QED) is 0.523. The minimum absolute atomic E-state index is 0.108. The zero-order valence-electron chi connectivity index (χ0n) is 15.8. The third-order valence-corrected chi connectivity index (χ3v) is 6.00. The molecule has 2 aromatic carbocycles. The molecule has 3 aromatic rings. The van der Waals surface area contributed by atoms with Crippen LogP contribution in [0.5, 0.6) is 23.0 Å². The van der Waals surface area contributed by atoms with Gasteiger partial charge in [-0.25, -0.2) is 0 Å². The van der Waals surface area contributed by atoms with E-state index in [4.69, 9.17) is 9.47 Å². The number of nitrogens with zero attached hydrogens (tertiary/aromatic N) is 1. The van der Waals surface area contributed by atoms with Crippen LogP contribution in [0.4, 0.5) is 4.39 Å². The summed E-state index contributed by atoms with van der Waals surface area (Å²) < 4.78 is 25.1. The van der Waals surface area contributed by atoms with E-state index in [1.54, 1.807) is 18.2 Å². The number of ether oxygens (including phenoxy) is 2. The number of likely N-dealkylation sites (tertiary alicyclic amines) is 1. The van der Waals surface area contributed by atoms with Gasteiger partial charge in [0.15, 0.2) is 12.0 Å². The van der Waals surface area contributed by atoms with Crippen LogP contribution >= 0.6 is 11.3 Å². The highest BCUT2D eigenvalue weighted by Gasteiger charge is 2.23. The van der Waals surface area contributed by atoms with Gasteiger partial charge in [0.05, 0.1) is 6.67 Å². The van der Waals surface area contributed by atoms with Gasteiger partial charge in [0.1, 0.15) is 28.2 Å². The second kappa shape index (κ2) is 8.80. The molecule has 0 spiro atoms. The van der Waals surface area contributed by atoms with Gasteiger partial charge >= 0.3 is 0 Å². The van der Waals surface area contributed by atoms with Crippen molar-refractivity contribution in [3.8, 4) is 23.0 Å². The van der Waals surface area contributed by atoms with Crippen molar-refractivity contribution in [1.29, 1.82) is 0 Å². The lowest BCUT2D eigenvalue weighted by Crippen LogP contribution is -2.26. The van der Waals surface area contributed by atoms with Crippen molar-refractivity contribution in [3.63, 3.8) is 0 Å². The van der Waals surface area contributed by atoms with E-state index in [0.29, 0.717) is 22.8 Å². The molecule has 1 aliphatic heterocycles. The van der Waals surface area contributed by atoms with Gasteiger partial charge in [0, 0.05) is 29.7 Å². The lowest BCUT2D eigenvalue weighted by atomic mass is 10.2. The summed E-state index contributed by atoms with van der Waals surface area (Å²) in [7, 11) is 0. The first-order chi connectivity index (χ1) is 14.2. The lowest BCUT2D eigenvalue weighted by Gasteiger charge is -2.16. The van der Waals surface area contributed by atoms with Gasteiger partial charge in [-0.05, 0) is 55.3 Å². The highest BCUT2D eigenvalue weighted by Crippen LogP contribution is 2.40. The number of halogens is 1. The van der Waals surface area contributed by atoms with Crippen molar-refractivity contribution >= 4 is 27.7 Å². The number of benzene rings is 2. The van der Waals surface area contributed by atoms with E-state index in [1.165, 1.54) is 11.3 Å². The van der Waals surface area contributed by atoms with Crippen LogP contribution in [0.2, 0.25) is 0 Å². The molecule has 152 valence electrons. The molecule has 5 nitrogen and oxygen atoms in total. The first-order valence-corrected chi connectivity index (χ1v) is 10.4. The summed E-state index contributed by atoms with van der Waals surface area (Å²) in [6.45, 7) is 2.24. The summed E-state index contributed by atoms with van der Waals surface area (Å²) in [6, 6.07) is 12.3. The fourth-order valence-electron chi connectivity index (χ4n) is 3.54. The first kappa shape index (κ1) is 19.7. The zero-order chi connectivity index (χ0) is 20.2. The number of phenols is 1. The van der Waals surface area contributed by atoms with Gasteiger partial charge in [-0.15, -0.1) is 11.3 Å². The highest BCUT2D eigenvalue weighted by molar-refractivity contribution is 7.21. The van der Waals surface area contributed by atoms with E-state index in [9.17, 15) is 14.3 Å². The Kier molecular flexibility index (Phi) is 5.97. The molecule has 4 rings (SSSR count). The Morgan fingerprint density at radius 3 is 2.76 bits per heavy atom. The van der Waals surface area contributed by atoms with E-state index < -0.39 is 0 Å². The van der Waals surface area contributed by atoms with Gasteiger partial charge < -0.3 is 14.6 Å². The largest absolute Gasteiger partial charge is 0.508 e. The van der Waals surface area contributed by atoms with Crippen LogP contribution in [0.25, 0.3) is 10.1 Å². The lowest BCUT2D eigenvalue weighted by molar-refractivity contribution is 0.112. The molecule has 1 unspecified atom stereocenters. The SMILES string of the molecule is O=Cc1sc2cc(O)ccc2c1Oc1ccc(OC2CCN(CCCF)C2)cc1. The molecule has 7 heteroatoms. The number of hydrogen-bond acceptors (Lipinski definition) is 6. The van der Waals surface area contributed by atoms with E-state index >= 15 is 0 Å². The molecule has 0 radical (unpaired) electrons. The van der Waals surface area contributed by atoms with E-state index in [0.717, 1.165) is 48.2 Å². The summed E-state index contributed by atoms with van der Waals surface area (Å²) in [6.07, 6.45) is 2.37. The number of aldehydes is 1. The molecule has 0 aliphatic carbocycles. The maximum atomic E-state index is 12.3. The molecule has 29 heavy (non-hydrogen) atoms. The number of rotatable bonds is 8. The third-order valence-electron chi connectivity index (χ3n) is 4.94. The fourth-order valence-corrected chi connectivity index (χ4v) is 4.52. The van der Waals surface area contributed by atoms with Gasteiger partial charge in [0.25, 0.3) is 0 Å². The van der Waals surface area contributed by atoms with E-state index in [-0.39, 0.29) is 18.5 Å². The maximum Gasteiger partial charge on any atom is 0.163 e. The van der Waals surface area contributed by atoms with Crippen LogP contribution in [-0.4, -0.2) is 48.7 Å². The van der Waals surface area contributed by atoms with Crippen LogP contribution in [0.1, 0.15) is 22.5 Å². The van der Waals surface area contributed by atoms with Gasteiger partial charge in [-0.3, -0.25) is 14.1 Å². The predicted molar refractivity (Wildman–Crippen MR) is 111 cm³/mol. The molecule has 1 aliphatic rings. The Hall–Kier alpha value is -2.64. The number of alkyl halides is 1. The fraction of sp³-hybridized carbons (Fsp3) is 0.318. The van der Waals surface area contributed by atoms with E-state index in [2.05, 4.69) is 4.90 Å². The van der Waals surface area contributed by atoms with Gasteiger partial charge in [-0.2, -0.15) is 0 Å². The smallest absolute Gasteiger partial charge is 0.163 e. The first-order valence-electron chi connectivity index (χ1n) is 9.60. The summed E-state index contributed by atoms with van der Waals surface area (Å²) >= 11 is 1.28. The highest BCUT2D eigenvalue weighted by atomic mass is 32.1. The number of carbonyl (C=O) groups excluding carboxylic acids is 1. The van der Waals surface area contributed by atoms with Crippen molar-refractivity contribution in [1.82, 2.24) is 4.90 Å². The summed E-state index contributed by atoms with van der Waals surface area (Å²) in [5.74, 6) is 2.00. The predicted octanol–water partition coefficient (Wildman–Crippen LogP) is 5.02. The van der Waals surface area contributed by atoms with Crippen LogP contribution in [0.15, 0.2) is 42.5 Å². The second-order valence-electron chi connectivity index (χ2n) is 7.04. The van der Waals surface area contributed by atoms with Crippen LogP contribution in [-0.2, 0) is 0 Å². The van der Waals surface area contributed by atoms with Crippen LogP contribution in [0.3, 0.4) is 0 Å². The van der Waals surface area contributed by atoms with Crippen molar-refractivity contribution in [2.24, 2.45) is 0 Å². The van der Waals surface area contributed by atoms with Crippen LogP contribution in [0, 0.1) is 0 Å². The molecule has 1 N–H and O–H groups in total. The van der Waals surface area contributed by atoms with Crippen molar-refractivity contribution in [2.75, 3.05) is 26.3 Å². The zero-order valence-corrected chi connectivity index (χ0v) is 16.7. The molecule has 1 atom stereocenters. The topological polar surface area (TPSA) is 59.0 Å². The third kappa shape index (κ3) is 4.52. The number of fused-ring (bicyclic) bond motifs is 1. The molecule has 2 heterocycles. The van der Waals surface area contributed by atoms with Crippen molar-refractivity contribution in [2.45, 2.75) is 18.9 Å². The Bertz CT molecular complexity index is 988. The van der Waals surface area contributed by atoms with Gasteiger partial charge in [0.2, 0.25) is 0 Å². The number of phenolic OH excluding ortho intramolecular Hbond substituents is 1. The van der Waals surface area contributed by atoms with Crippen molar-refractivity contribution < 1.29 is 23.8 Å². The molecule has 1 aromatic heterocycles. The molecular weight excluding hydrogens is 393 g/mol. The monoisotopic (exact) mass is 415 g/mol. The Labute approximate surface area is 172 Å². The van der Waals surface area contributed by atoms with Crippen LogP contribution < -0.4 is 9.47 Å². The Morgan fingerprint density at radius 1 is 1.21 bits per heavy atom. The molecule has 1 saturated heterocycles. The molecule has 0 saturated carbocycles.